The molecule has 2 aliphatic heterocycles. The average molecular weight is 594 g/mol. The largest absolute Gasteiger partial charge is 0.497 e. The Balaban J connectivity index is 1.32. The minimum atomic E-state index is -3.98. The van der Waals surface area contributed by atoms with Crippen LogP contribution in [-0.2, 0) is 26.0 Å². The molecule has 0 saturated carbocycles. The van der Waals surface area contributed by atoms with Gasteiger partial charge in [-0.3, -0.25) is 9.59 Å². The Labute approximate surface area is 246 Å². The van der Waals surface area contributed by atoms with Crippen LogP contribution in [0, 0.1) is 5.92 Å². The zero-order chi connectivity index (χ0) is 29.7. The van der Waals surface area contributed by atoms with Gasteiger partial charge in [-0.15, -0.1) is 0 Å². The zero-order valence-electron chi connectivity index (χ0n) is 23.7. The molecule has 2 atom stereocenters. The van der Waals surface area contributed by atoms with Gasteiger partial charge in [0, 0.05) is 25.7 Å². The fourth-order valence-corrected chi connectivity index (χ4v) is 7.07. The van der Waals surface area contributed by atoms with Crippen molar-refractivity contribution < 1.29 is 32.2 Å². The van der Waals surface area contributed by atoms with E-state index in [2.05, 4.69) is 5.32 Å². The maximum Gasteiger partial charge on any atom is 0.262 e. The van der Waals surface area contributed by atoms with Crippen LogP contribution in [0.15, 0.2) is 77.7 Å². The summed E-state index contributed by atoms with van der Waals surface area (Å²) in [6.07, 6.45) is 0.803. The number of carbonyl (C=O) groups excluding carboxylic acids is 2. The van der Waals surface area contributed by atoms with E-state index in [1.54, 1.807) is 41.3 Å². The molecule has 2 heterocycles. The second-order valence-electron chi connectivity index (χ2n) is 10.3. The molecule has 11 heteroatoms. The van der Waals surface area contributed by atoms with Crippen molar-refractivity contribution in [3.63, 3.8) is 0 Å². The molecule has 2 aliphatic rings. The van der Waals surface area contributed by atoms with Crippen LogP contribution in [0.3, 0.4) is 0 Å². The highest BCUT2D eigenvalue weighted by molar-refractivity contribution is 7.89. The van der Waals surface area contributed by atoms with E-state index in [0.29, 0.717) is 43.0 Å². The number of anilines is 1. The van der Waals surface area contributed by atoms with Gasteiger partial charge in [0.25, 0.3) is 5.91 Å². The summed E-state index contributed by atoms with van der Waals surface area (Å²) in [5, 5.41) is 2.92. The molecule has 222 valence electrons. The summed E-state index contributed by atoms with van der Waals surface area (Å²) in [6, 6.07) is 21.5. The minimum absolute atomic E-state index is 0.00892. The SMILES string of the molecule is COc1ccc(OC)c(S(=O)(=O)N2CCC[C@H](C(=O)N3C[C@@H](C(=O)NCCc4ccccc4)Oc4ccccc43)C2)c1. The zero-order valence-corrected chi connectivity index (χ0v) is 24.5. The molecule has 1 fully saturated rings. The summed E-state index contributed by atoms with van der Waals surface area (Å²) in [5.41, 5.74) is 1.66. The van der Waals surface area contributed by atoms with E-state index in [9.17, 15) is 18.0 Å². The number of nitrogens with one attached hydrogen (secondary N) is 1. The first kappa shape index (κ1) is 29.4. The number of nitrogens with zero attached hydrogens (tertiary/aromatic N) is 2. The molecular weight excluding hydrogens is 558 g/mol. The van der Waals surface area contributed by atoms with Gasteiger partial charge in [0.15, 0.2) is 6.10 Å². The molecule has 0 aliphatic carbocycles. The molecule has 0 bridgehead atoms. The lowest BCUT2D eigenvalue weighted by atomic mass is 9.97. The molecular formula is C31H35N3O7S. The Bertz CT molecular complexity index is 1530. The third-order valence-corrected chi connectivity index (χ3v) is 9.50. The van der Waals surface area contributed by atoms with Crippen LogP contribution in [-0.4, -0.2) is 71.0 Å². The number of piperidine rings is 1. The van der Waals surface area contributed by atoms with Gasteiger partial charge in [0.1, 0.15) is 22.1 Å². The number of ether oxygens (including phenoxy) is 3. The molecule has 1 saturated heterocycles. The van der Waals surface area contributed by atoms with E-state index in [1.165, 1.54) is 24.6 Å². The monoisotopic (exact) mass is 593 g/mol. The van der Waals surface area contributed by atoms with Crippen molar-refractivity contribution in [2.75, 3.05) is 45.3 Å². The van der Waals surface area contributed by atoms with Crippen LogP contribution < -0.4 is 24.4 Å². The number of fused-ring (bicyclic) bond motifs is 1. The number of methoxy groups -OCH3 is 2. The highest BCUT2D eigenvalue weighted by atomic mass is 32.2. The van der Waals surface area contributed by atoms with Gasteiger partial charge in [0.2, 0.25) is 15.9 Å². The number of hydrogen-bond donors (Lipinski definition) is 1. The molecule has 3 aromatic rings. The van der Waals surface area contributed by atoms with E-state index in [-0.39, 0.29) is 42.1 Å². The smallest absolute Gasteiger partial charge is 0.262 e. The summed E-state index contributed by atoms with van der Waals surface area (Å²) in [6.45, 7) is 0.745. The molecule has 0 unspecified atom stereocenters. The lowest BCUT2D eigenvalue weighted by Gasteiger charge is -2.38. The van der Waals surface area contributed by atoms with E-state index < -0.39 is 22.0 Å². The average Bonchev–Trinajstić information content (AvgIpc) is 3.04. The van der Waals surface area contributed by atoms with Gasteiger partial charge in [-0.25, -0.2) is 8.42 Å². The summed E-state index contributed by atoms with van der Waals surface area (Å²) in [5.74, 6) is -0.133. The Morgan fingerprint density at radius 3 is 2.50 bits per heavy atom. The molecule has 0 radical (unpaired) electrons. The van der Waals surface area contributed by atoms with Gasteiger partial charge in [-0.05, 0) is 49.1 Å². The fourth-order valence-electron chi connectivity index (χ4n) is 5.38. The molecule has 2 amide bonds. The highest BCUT2D eigenvalue weighted by Crippen LogP contribution is 2.37. The number of carbonyl (C=O) groups is 2. The van der Waals surface area contributed by atoms with E-state index in [1.807, 2.05) is 30.3 Å². The van der Waals surface area contributed by atoms with E-state index in [4.69, 9.17) is 14.2 Å². The molecule has 42 heavy (non-hydrogen) atoms. The lowest BCUT2D eigenvalue weighted by molar-refractivity contribution is -0.129. The number of sulfonamides is 1. The number of para-hydroxylation sites is 2. The number of benzene rings is 3. The first-order valence-electron chi connectivity index (χ1n) is 13.9. The molecule has 5 rings (SSSR count). The maximum absolute atomic E-state index is 14.0. The Morgan fingerprint density at radius 2 is 1.74 bits per heavy atom. The molecule has 0 aromatic heterocycles. The molecule has 10 nitrogen and oxygen atoms in total. The second kappa shape index (κ2) is 12.8. The van der Waals surface area contributed by atoms with Crippen LogP contribution in [0.5, 0.6) is 17.2 Å². The van der Waals surface area contributed by atoms with E-state index in [0.717, 1.165) is 5.56 Å². The van der Waals surface area contributed by atoms with Crippen molar-refractivity contribution in [2.24, 2.45) is 5.92 Å². The Hall–Kier alpha value is -4.09. The van der Waals surface area contributed by atoms with Gasteiger partial charge < -0.3 is 24.4 Å². The van der Waals surface area contributed by atoms with Crippen LogP contribution >= 0.6 is 0 Å². The van der Waals surface area contributed by atoms with E-state index >= 15 is 0 Å². The maximum atomic E-state index is 14.0. The topological polar surface area (TPSA) is 114 Å². The number of amides is 2. The fraction of sp³-hybridized carbons (Fsp3) is 0.355. The second-order valence-corrected chi connectivity index (χ2v) is 12.2. The number of hydrogen-bond acceptors (Lipinski definition) is 7. The molecule has 1 N–H and O–H groups in total. The standard InChI is InChI=1S/C31H35N3O7S/c1-39-24-14-15-27(40-2)29(19-24)42(37,38)33-18-8-11-23(20-33)31(36)34-21-28(41-26-13-7-6-12-25(26)34)30(35)32-17-16-22-9-4-3-5-10-22/h3-7,9-10,12-15,19,23,28H,8,11,16-18,20-21H2,1-2H3,(H,32,35)/t23-,28-/m0/s1. The van der Waals surface area contributed by atoms with Crippen molar-refractivity contribution in [3.8, 4) is 17.2 Å². The number of rotatable bonds is 9. The predicted molar refractivity (Wildman–Crippen MR) is 157 cm³/mol. The predicted octanol–water partition coefficient (Wildman–Crippen LogP) is 3.26. The quantitative estimate of drug-likeness (QED) is 0.405. The Kier molecular flexibility index (Phi) is 8.98. The van der Waals surface area contributed by atoms with Crippen LogP contribution in [0.2, 0.25) is 0 Å². The van der Waals surface area contributed by atoms with Crippen molar-refractivity contribution >= 4 is 27.5 Å². The van der Waals surface area contributed by atoms with Gasteiger partial charge in [0.05, 0.1) is 32.4 Å². The van der Waals surface area contributed by atoms with Crippen molar-refractivity contribution in [2.45, 2.75) is 30.3 Å². The van der Waals surface area contributed by atoms with Gasteiger partial charge in [-0.1, -0.05) is 42.5 Å². The molecule has 0 spiro atoms. The summed E-state index contributed by atoms with van der Waals surface area (Å²) < 4.78 is 45.3. The summed E-state index contributed by atoms with van der Waals surface area (Å²) in [4.78, 5) is 28.7. The van der Waals surface area contributed by atoms with Gasteiger partial charge >= 0.3 is 0 Å². The lowest BCUT2D eigenvalue weighted by Crippen LogP contribution is -2.54. The van der Waals surface area contributed by atoms with Crippen LogP contribution in [0.1, 0.15) is 18.4 Å². The van der Waals surface area contributed by atoms with Crippen molar-refractivity contribution in [3.05, 3.63) is 78.4 Å². The van der Waals surface area contributed by atoms with Crippen LogP contribution in [0.25, 0.3) is 0 Å². The van der Waals surface area contributed by atoms with Crippen LogP contribution in [0.4, 0.5) is 5.69 Å². The highest BCUT2D eigenvalue weighted by Gasteiger charge is 2.40. The van der Waals surface area contributed by atoms with Crippen molar-refractivity contribution in [1.29, 1.82) is 0 Å². The van der Waals surface area contributed by atoms with Gasteiger partial charge in [-0.2, -0.15) is 4.31 Å². The summed E-state index contributed by atoms with van der Waals surface area (Å²) in [7, 11) is -1.11. The Morgan fingerprint density at radius 1 is 0.976 bits per heavy atom. The first-order chi connectivity index (χ1) is 20.3. The third-order valence-electron chi connectivity index (χ3n) is 7.61. The molecule has 3 aromatic carbocycles. The van der Waals surface area contributed by atoms with Crippen molar-refractivity contribution in [1.82, 2.24) is 9.62 Å². The third kappa shape index (κ3) is 6.22. The normalized spacial score (nSPS) is 18.9. The first-order valence-corrected chi connectivity index (χ1v) is 15.4. The minimum Gasteiger partial charge on any atom is -0.497 e. The summed E-state index contributed by atoms with van der Waals surface area (Å²) >= 11 is 0.